The number of nitrogens with zero attached hydrogens (tertiary/aromatic N) is 1. The first-order chi connectivity index (χ1) is 13.8. The molecule has 3 aromatic rings. The van der Waals surface area contributed by atoms with Crippen molar-refractivity contribution in [3.05, 3.63) is 89.2 Å². The molecule has 150 valence electrons. The summed E-state index contributed by atoms with van der Waals surface area (Å²) in [7, 11) is -3.82. The number of aryl methyl sites for hydroxylation is 2. The molecule has 3 rings (SSSR count). The quantitative estimate of drug-likeness (QED) is 0.644. The molecule has 0 fully saturated rings. The van der Waals surface area contributed by atoms with Crippen molar-refractivity contribution in [2.75, 3.05) is 4.72 Å². The van der Waals surface area contributed by atoms with E-state index in [4.69, 9.17) is 0 Å². The summed E-state index contributed by atoms with van der Waals surface area (Å²) in [6, 6.07) is 15.0. The first-order valence-electron chi connectivity index (χ1n) is 9.17. The molecule has 6 nitrogen and oxygen atoms in total. The van der Waals surface area contributed by atoms with Gasteiger partial charge in [-0.25, -0.2) is 8.42 Å². The molecule has 0 saturated heterocycles. The number of carbonyl (C=O) groups is 1. The summed E-state index contributed by atoms with van der Waals surface area (Å²) < 4.78 is 28.1. The lowest BCUT2D eigenvalue weighted by Crippen LogP contribution is -2.27. The summed E-state index contributed by atoms with van der Waals surface area (Å²) in [6.07, 6.45) is 3.35. The molecular formula is C22H23N3O3S. The Labute approximate surface area is 171 Å². The molecule has 1 aromatic heterocycles. The number of pyridine rings is 1. The van der Waals surface area contributed by atoms with Crippen LogP contribution in [0.25, 0.3) is 0 Å². The van der Waals surface area contributed by atoms with Crippen LogP contribution in [0.3, 0.4) is 0 Å². The average Bonchev–Trinajstić information content (AvgIpc) is 2.70. The van der Waals surface area contributed by atoms with Crippen molar-refractivity contribution in [3.63, 3.8) is 0 Å². The van der Waals surface area contributed by atoms with Gasteiger partial charge in [0.1, 0.15) is 0 Å². The monoisotopic (exact) mass is 409 g/mol. The molecule has 29 heavy (non-hydrogen) atoms. The Morgan fingerprint density at radius 3 is 2.41 bits per heavy atom. The first kappa shape index (κ1) is 20.5. The van der Waals surface area contributed by atoms with Gasteiger partial charge < -0.3 is 5.32 Å². The van der Waals surface area contributed by atoms with Crippen molar-refractivity contribution in [2.24, 2.45) is 0 Å². The molecule has 1 atom stereocenters. The minimum atomic E-state index is -3.82. The van der Waals surface area contributed by atoms with E-state index in [1.165, 1.54) is 12.1 Å². The largest absolute Gasteiger partial charge is 0.345 e. The summed E-state index contributed by atoms with van der Waals surface area (Å²) in [5.41, 5.74) is 3.36. The number of rotatable bonds is 6. The van der Waals surface area contributed by atoms with E-state index in [9.17, 15) is 13.2 Å². The maximum Gasteiger partial charge on any atom is 0.261 e. The maximum absolute atomic E-state index is 12.8. The number of carbonyl (C=O) groups excluding carboxylic acids is 1. The second kappa shape index (κ2) is 8.45. The van der Waals surface area contributed by atoms with Gasteiger partial charge in [-0.15, -0.1) is 0 Å². The van der Waals surface area contributed by atoms with Crippen LogP contribution in [-0.4, -0.2) is 19.3 Å². The fourth-order valence-electron chi connectivity index (χ4n) is 2.84. The van der Waals surface area contributed by atoms with Crippen LogP contribution < -0.4 is 10.0 Å². The van der Waals surface area contributed by atoms with Crippen LogP contribution in [0.5, 0.6) is 0 Å². The van der Waals surface area contributed by atoms with E-state index in [0.29, 0.717) is 16.8 Å². The number of aromatic nitrogens is 1. The van der Waals surface area contributed by atoms with Crippen molar-refractivity contribution in [1.29, 1.82) is 0 Å². The molecule has 0 aliphatic carbocycles. The maximum atomic E-state index is 12.8. The zero-order chi connectivity index (χ0) is 21.0. The molecule has 0 bridgehead atoms. The lowest BCUT2D eigenvalue weighted by atomic mass is 10.1. The van der Waals surface area contributed by atoms with Gasteiger partial charge in [-0.3, -0.25) is 14.5 Å². The highest BCUT2D eigenvalue weighted by atomic mass is 32.2. The molecule has 2 aromatic carbocycles. The van der Waals surface area contributed by atoms with Gasteiger partial charge in [0.05, 0.1) is 10.9 Å². The highest BCUT2D eigenvalue weighted by Gasteiger charge is 2.19. The van der Waals surface area contributed by atoms with Crippen molar-refractivity contribution in [1.82, 2.24) is 10.3 Å². The van der Waals surface area contributed by atoms with Crippen molar-refractivity contribution < 1.29 is 13.2 Å². The van der Waals surface area contributed by atoms with Gasteiger partial charge >= 0.3 is 0 Å². The Morgan fingerprint density at radius 1 is 1.03 bits per heavy atom. The van der Waals surface area contributed by atoms with Crippen LogP contribution >= 0.6 is 0 Å². The zero-order valence-corrected chi connectivity index (χ0v) is 17.3. The zero-order valence-electron chi connectivity index (χ0n) is 16.5. The predicted molar refractivity (Wildman–Crippen MR) is 113 cm³/mol. The summed E-state index contributed by atoms with van der Waals surface area (Å²) in [4.78, 5) is 16.9. The van der Waals surface area contributed by atoms with Gasteiger partial charge in [0, 0.05) is 23.6 Å². The number of hydrogen-bond donors (Lipinski definition) is 2. The van der Waals surface area contributed by atoms with Gasteiger partial charge in [0.2, 0.25) is 0 Å². The van der Waals surface area contributed by atoms with E-state index in [2.05, 4.69) is 15.0 Å². The summed E-state index contributed by atoms with van der Waals surface area (Å²) in [6.45, 7) is 5.55. The predicted octanol–water partition coefficient (Wildman–Crippen LogP) is 3.99. The fourth-order valence-corrected chi connectivity index (χ4v) is 3.92. The molecule has 2 N–H and O–H groups in total. The fraction of sp³-hybridized carbons (Fsp3) is 0.182. The minimum absolute atomic E-state index is 0.0304. The van der Waals surface area contributed by atoms with Crippen molar-refractivity contribution >= 4 is 21.6 Å². The number of amides is 1. The van der Waals surface area contributed by atoms with Gasteiger partial charge in [-0.05, 0) is 62.2 Å². The topological polar surface area (TPSA) is 88.2 Å². The molecule has 1 unspecified atom stereocenters. The van der Waals surface area contributed by atoms with E-state index in [0.717, 1.165) is 11.1 Å². The molecule has 0 radical (unpaired) electrons. The molecule has 1 heterocycles. The Hall–Kier alpha value is -3.19. The molecule has 0 spiro atoms. The number of anilines is 1. The second-order valence-electron chi connectivity index (χ2n) is 6.93. The summed E-state index contributed by atoms with van der Waals surface area (Å²) in [5, 5.41) is 2.89. The highest BCUT2D eigenvalue weighted by molar-refractivity contribution is 7.92. The van der Waals surface area contributed by atoms with Crippen LogP contribution in [0, 0.1) is 13.8 Å². The van der Waals surface area contributed by atoms with Gasteiger partial charge in [0.25, 0.3) is 15.9 Å². The van der Waals surface area contributed by atoms with E-state index in [1.807, 2.05) is 32.0 Å². The van der Waals surface area contributed by atoms with Crippen LogP contribution in [0.4, 0.5) is 5.69 Å². The number of nitrogens with one attached hydrogen (secondary N) is 2. The van der Waals surface area contributed by atoms with Gasteiger partial charge in [-0.2, -0.15) is 0 Å². The molecule has 1 amide bonds. The SMILES string of the molecule is Cc1ccc(NS(=O)(=O)c2ccc(C)c(C(=O)NC(C)c3cccnc3)c2)cc1. The number of benzene rings is 2. The number of hydrogen-bond acceptors (Lipinski definition) is 4. The third-order valence-corrected chi connectivity index (χ3v) is 5.98. The van der Waals surface area contributed by atoms with Crippen molar-refractivity contribution in [2.45, 2.75) is 31.7 Å². The second-order valence-corrected chi connectivity index (χ2v) is 8.61. The highest BCUT2D eigenvalue weighted by Crippen LogP contribution is 2.21. The van der Waals surface area contributed by atoms with Crippen LogP contribution in [0.15, 0.2) is 71.9 Å². The lowest BCUT2D eigenvalue weighted by molar-refractivity contribution is 0.0939. The summed E-state index contributed by atoms with van der Waals surface area (Å²) in [5.74, 6) is -0.341. The Bertz CT molecular complexity index is 1110. The normalized spacial score (nSPS) is 12.2. The van der Waals surface area contributed by atoms with E-state index >= 15 is 0 Å². The first-order valence-corrected chi connectivity index (χ1v) is 10.7. The van der Waals surface area contributed by atoms with Crippen molar-refractivity contribution in [3.8, 4) is 0 Å². The third kappa shape index (κ3) is 5.00. The van der Waals surface area contributed by atoms with E-state index in [-0.39, 0.29) is 16.8 Å². The van der Waals surface area contributed by atoms with Crippen LogP contribution in [0.2, 0.25) is 0 Å². The smallest absolute Gasteiger partial charge is 0.261 e. The summed E-state index contributed by atoms with van der Waals surface area (Å²) >= 11 is 0. The number of sulfonamides is 1. The molecular weight excluding hydrogens is 386 g/mol. The molecule has 0 saturated carbocycles. The van der Waals surface area contributed by atoms with E-state index in [1.54, 1.807) is 43.6 Å². The Balaban J connectivity index is 1.83. The molecule has 0 aliphatic heterocycles. The van der Waals surface area contributed by atoms with Crippen LogP contribution in [-0.2, 0) is 10.0 Å². The van der Waals surface area contributed by atoms with Gasteiger partial charge in [0.15, 0.2) is 0 Å². The standard InChI is InChI=1S/C22H23N3O3S/c1-15-6-9-19(10-7-15)25-29(27,28)20-11-8-16(2)21(13-20)22(26)24-17(3)18-5-4-12-23-14-18/h4-14,17,25H,1-3H3,(H,24,26). The van der Waals surface area contributed by atoms with Gasteiger partial charge in [-0.1, -0.05) is 29.8 Å². The Kier molecular flexibility index (Phi) is 5.98. The molecule has 7 heteroatoms. The minimum Gasteiger partial charge on any atom is -0.345 e. The van der Waals surface area contributed by atoms with Crippen LogP contribution in [0.1, 0.15) is 40.0 Å². The molecule has 0 aliphatic rings. The lowest BCUT2D eigenvalue weighted by Gasteiger charge is -2.16. The average molecular weight is 410 g/mol. The Morgan fingerprint density at radius 2 is 1.76 bits per heavy atom. The van der Waals surface area contributed by atoms with E-state index < -0.39 is 10.0 Å². The third-order valence-electron chi connectivity index (χ3n) is 4.60.